The van der Waals surface area contributed by atoms with Crippen LogP contribution in [0.25, 0.3) is 0 Å². The molecule has 4 heterocycles. The van der Waals surface area contributed by atoms with Crippen molar-refractivity contribution in [2.45, 2.75) is 31.7 Å². The Morgan fingerprint density at radius 1 is 1.03 bits per heavy atom. The Bertz CT molecular complexity index is 908. The van der Waals surface area contributed by atoms with E-state index >= 15 is 0 Å². The van der Waals surface area contributed by atoms with E-state index < -0.39 is 0 Å². The summed E-state index contributed by atoms with van der Waals surface area (Å²) in [7, 11) is 0. The van der Waals surface area contributed by atoms with E-state index in [1.54, 1.807) is 0 Å². The lowest BCUT2D eigenvalue weighted by Crippen LogP contribution is -2.44. The minimum Gasteiger partial charge on any atom is -0.403 e. The van der Waals surface area contributed by atoms with Crippen LogP contribution in [0.15, 0.2) is 40.2 Å². The largest absolute Gasteiger partial charge is 0.403 e. The van der Waals surface area contributed by atoms with Crippen molar-refractivity contribution < 1.29 is 8.92 Å². The third-order valence-electron chi connectivity index (χ3n) is 6.19. The average molecular weight is 427 g/mol. The molecule has 2 saturated heterocycles. The monoisotopic (exact) mass is 426 g/mol. The molecule has 0 amide bonds. The van der Waals surface area contributed by atoms with Crippen LogP contribution in [0.3, 0.4) is 0 Å². The number of benzene rings is 1. The van der Waals surface area contributed by atoms with Crippen molar-refractivity contribution in [3.63, 3.8) is 0 Å². The molecule has 0 aliphatic carbocycles. The normalized spacial score (nSPS) is 20.6. The molecule has 0 atom stereocenters. The van der Waals surface area contributed by atoms with Gasteiger partial charge in [0.15, 0.2) is 0 Å². The molecule has 3 aliphatic rings. The van der Waals surface area contributed by atoms with Crippen molar-refractivity contribution in [1.29, 1.82) is 0 Å². The predicted octanol–water partition coefficient (Wildman–Crippen LogP) is 3.78. The quantitative estimate of drug-likeness (QED) is 0.546. The van der Waals surface area contributed by atoms with E-state index in [-0.39, 0.29) is 5.54 Å². The van der Waals surface area contributed by atoms with Gasteiger partial charge in [-0.05, 0) is 43.0 Å². The molecule has 5 rings (SSSR count). The van der Waals surface area contributed by atoms with Gasteiger partial charge in [0, 0.05) is 49.8 Å². The zero-order chi connectivity index (χ0) is 20.4. The molecule has 1 spiro atoms. The first kappa shape index (κ1) is 19.6. The van der Waals surface area contributed by atoms with Crippen molar-refractivity contribution in [1.82, 2.24) is 9.97 Å². The van der Waals surface area contributed by atoms with Gasteiger partial charge in [-0.2, -0.15) is 5.11 Å². The predicted molar refractivity (Wildman–Crippen MR) is 117 cm³/mol. The summed E-state index contributed by atoms with van der Waals surface area (Å²) in [5.74, 6) is 1.62. The number of hydrogen-bond acceptors (Lipinski definition) is 9. The zero-order valence-corrected chi connectivity index (χ0v) is 18.0. The number of fused-ring (bicyclic) bond motifs is 3. The molecule has 0 unspecified atom stereocenters. The van der Waals surface area contributed by atoms with Crippen LogP contribution in [0.5, 0.6) is 5.75 Å². The molecular weight excluding hydrogens is 400 g/mol. The van der Waals surface area contributed by atoms with E-state index in [0.717, 1.165) is 88.1 Å². The van der Waals surface area contributed by atoms with Crippen LogP contribution in [-0.4, -0.2) is 49.4 Å². The standard InChI is InChI=1S/C21H26N6O2S/c1-2-16-14-22-20(23-15-16)27-7-5-21(6-8-27)18-13-17(29-30-25-24-21)3-4-19(18)26-9-11-28-12-10-26/h3-4,13-15H,2,5-12H2,1H3. The first-order chi connectivity index (χ1) is 14.8. The zero-order valence-electron chi connectivity index (χ0n) is 17.2. The number of hydrogen-bond donors (Lipinski definition) is 0. The molecule has 1 aromatic carbocycles. The summed E-state index contributed by atoms with van der Waals surface area (Å²) in [6, 6.07) is 6.34. The maximum Gasteiger partial charge on any atom is 0.225 e. The molecule has 2 aromatic rings. The van der Waals surface area contributed by atoms with Crippen LogP contribution in [0.1, 0.15) is 30.9 Å². The second-order valence-corrected chi connectivity index (χ2v) is 8.36. The topological polar surface area (TPSA) is 75.4 Å². The van der Waals surface area contributed by atoms with Gasteiger partial charge in [0.05, 0.1) is 13.2 Å². The fourth-order valence-electron chi connectivity index (χ4n) is 4.37. The fraction of sp³-hybridized carbons (Fsp3) is 0.524. The summed E-state index contributed by atoms with van der Waals surface area (Å²) >= 11 is 1.05. The molecule has 3 aliphatic heterocycles. The molecule has 2 fully saturated rings. The number of ether oxygens (including phenoxy) is 1. The summed E-state index contributed by atoms with van der Waals surface area (Å²) in [4.78, 5) is 13.8. The van der Waals surface area contributed by atoms with Crippen LogP contribution in [0, 0.1) is 0 Å². The summed E-state index contributed by atoms with van der Waals surface area (Å²) < 4.78 is 15.5. The van der Waals surface area contributed by atoms with Gasteiger partial charge in [0.2, 0.25) is 18.2 Å². The van der Waals surface area contributed by atoms with E-state index in [1.807, 2.05) is 18.5 Å². The maximum absolute atomic E-state index is 5.66. The Balaban J connectivity index is 1.44. The number of piperidine rings is 1. The van der Waals surface area contributed by atoms with Gasteiger partial charge in [-0.3, -0.25) is 0 Å². The SMILES string of the molecule is CCc1cnc(N2CCC3(CC2)N=NSOc2ccc(N4CCOCC4)c3c2)nc1. The summed E-state index contributed by atoms with van der Waals surface area (Å²) in [6.45, 7) is 7.07. The highest BCUT2D eigenvalue weighted by Crippen LogP contribution is 2.46. The molecule has 8 nitrogen and oxygen atoms in total. The van der Waals surface area contributed by atoms with Crippen LogP contribution < -0.4 is 14.0 Å². The van der Waals surface area contributed by atoms with Crippen molar-refractivity contribution in [3.8, 4) is 5.75 Å². The van der Waals surface area contributed by atoms with Gasteiger partial charge in [-0.1, -0.05) is 11.4 Å². The Hall–Kier alpha value is -2.39. The minimum atomic E-state index is -0.361. The number of anilines is 2. The van der Waals surface area contributed by atoms with Gasteiger partial charge >= 0.3 is 0 Å². The van der Waals surface area contributed by atoms with E-state index in [2.05, 4.69) is 43.3 Å². The highest BCUT2D eigenvalue weighted by molar-refractivity contribution is 7.93. The lowest BCUT2D eigenvalue weighted by Gasteiger charge is -2.41. The van der Waals surface area contributed by atoms with Gasteiger partial charge in [-0.15, -0.1) is 0 Å². The number of rotatable bonds is 3. The lowest BCUT2D eigenvalue weighted by atomic mass is 9.80. The van der Waals surface area contributed by atoms with Gasteiger partial charge in [-0.25, -0.2) is 9.97 Å². The third kappa shape index (κ3) is 3.72. The Labute approximate surface area is 181 Å². The van der Waals surface area contributed by atoms with E-state index in [1.165, 1.54) is 11.3 Å². The van der Waals surface area contributed by atoms with Crippen LogP contribution in [0.2, 0.25) is 0 Å². The maximum atomic E-state index is 5.66. The molecule has 2 bridgehead atoms. The van der Waals surface area contributed by atoms with Crippen LogP contribution in [-0.2, 0) is 16.7 Å². The highest BCUT2D eigenvalue weighted by atomic mass is 32.2. The van der Waals surface area contributed by atoms with Crippen molar-refractivity contribution in [3.05, 3.63) is 41.7 Å². The minimum absolute atomic E-state index is 0.361. The van der Waals surface area contributed by atoms with Crippen LogP contribution >= 0.6 is 12.2 Å². The number of aromatic nitrogens is 2. The highest BCUT2D eigenvalue weighted by Gasteiger charge is 2.41. The number of nitrogens with zero attached hydrogens (tertiary/aromatic N) is 6. The molecule has 1 aromatic heterocycles. The summed E-state index contributed by atoms with van der Waals surface area (Å²) in [5.41, 5.74) is 3.21. The second-order valence-electron chi connectivity index (χ2n) is 7.88. The molecule has 9 heteroatoms. The molecule has 158 valence electrons. The van der Waals surface area contributed by atoms with Crippen LogP contribution in [0.4, 0.5) is 11.6 Å². The first-order valence-corrected chi connectivity index (χ1v) is 11.3. The summed E-state index contributed by atoms with van der Waals surface area (Å²) in [5, 5.41) is 4.80. The van der Waals surface area contributed by atoms with Gasteiger partial charge < -0.3 is 18.7 Å². The first-order valence-electron chi connectivity index (χ1n) is 10.6. The Morgan fingerprint density at radius 2 is 1.80 bits per heavy atom. The lowest BCUT2D eigenvalue weighted by molar-refractivity contribution is 0.122. The molecule has 0 saturated carbocycles. The second kappa shape index (κ2) is 8.39. The Kier molecular flexibility index (Phi) is 5.47. The van der Waals surface area contributed by atoms with Crippen molar-refractivity contribution in [2.75, 3.05) is 49.2 Å². The number of aryl methyl sites for hydroxylation is 1. The average Bonchev–Trinajstić information content (AvgIpc) is 2.82. The Morgan fingerprint density at radius 3 is 2.53 bits per heavy atom. The van der Waals surface area contributed by atoms with E-state index in [0.29, 0.717) is 0 Å². The van der Waals surface area contributed by atoms with Gasteiger partial charge in [0.25, 0.3) is 0 Å². The summed E-state index contributed by atoms with van der Waals surface area (Å²) in [6.07, 6.45) is 6.52. The van der Waals surface area contributed by atoms with Crippen molar-refractivity contribution >= 4 is 23.9 Å². The third-order valence-corrected chi connectivity index (χ3v) is 6.61. The van der Waals surface area contributed by atoms with E-state index in [9.17, 15) is 0 Å². The van der Waals surface area contributed by atoms with E-state index in [4.69, 9.17) is 14.0 Å². The smallest absolute Gasteiger partial charge is 0.225 e. The number of morpholine rings is 1. The van der Waals surface area contributed by atoms with Gasteiger partial charge in [0.1, 0.15) is 11.3 Å². The molecule has 0 N–H and O–H groups in total. The fourth-order valence-corrected chi connectivity index (χ4v) is 4.78. The molecule has 0 radical (unpaired) electrons. The molecular formula is C21H26N6O2S. The van der Waals surface area contributed by atoms with Crippen molar-refractivity contribution in [2.24, 2.45) is 9.63 Å². The molecule has 30 heavy (non-hydrogen) atoms.